The van der Waals surface area contributed by atoms with E-state index in [1.807, 2.05) is 6.08 Å². The van der Waals surface area contributed by atoms with Crippen LogP contribution in [0.3, 0.4) is 0 Å². The molecule has 10 rings (SSSR count). The smallest absolute Gasteiger partial charge is 0.279 e. The zero-order valence-corrected chi connectivity index (χ0v) is 30.3. The Hall–Kier alpha value is -7.22. The number of hydrogen-bond donors (Lipinski definition) is 10. The molecule has 0 saturated carbocycles. The Kier molecular flexibility index (Phi) is 7.52. The molecule has 14 nitrogen and oxygen atoms in total. The summed E-state index contributed by atoms with van der Waals surface area (Å²) in [6, 6.07) is 16.7. The van der Waals surface area contributed by atoms with Crippen LogP contribution in [-0.4, -0.2) is 51.1 Å². The third-order valence-electron chi connectivity index (χ3n) is 12.0. The monoisotopic (exact) mass is 788 g/mol. The Morgan fingerprint density at radius 2 is 1.22 bits per heavy atom. The summed E-state index contributed by atoms with van der Waals surface area (Å²) in [6.45, 7) is 0. The number of hydrogen-bond acceptors (Lipinski definition) is 14. The predicted octanol–water partition coefficient (Wildman–Crippen LogP) is 7.27. The molecule has 14 heteroatoms. The van der Waals surface area contributed by atoms with Gasteiger partial charge in [-0.3, -0.25) is 0 Å². The molecule has 0 amide bonds. The second kappa shape index (κ2) is 12.4. The van der Waals surface area contributed by atoms with E-state index in [0.29, 0.717) is 63.3 Å². The van der Waals surface area contributed by atoms with Crippen molar-refractivity contribution in [3.8, 4) is 69.0 Å². The zero-order valence-electron chi connectivity index (χ0n) is 30.3. The first kappa shape index (κ1) is 35.2. The molecular formula is C44H36O14. The molecule has 4 aliphatic heterocycles. The fourth-order valence-corrected chi connectivity index (χ4v) is 9.31. The van der Waals surface area contributed by atoms with Gasteiger partial charge in [0.2, 0.25) is 0 Å². The molecule has 6 atom stereocenters. The number of fused-ring (bicyclic) bond motifs is 8. The molecule has 5 aliphatic rings. The van der Waals surface area contributed by atoms with Gasteiger partial charge in [-0.1, -0.05) is 12.1 Å². The standard InChI is InChI=1S/C44H36O14/c45-21-12-33(53)39-25-17-44(57-37(39)13-21,20-3-7-28(48)32(52)11-20)58-38-15-24-23(14-36(56-43(24)41(25)38)19-2-6-27(47)31(51)10-19)40-34(54)16-29(49)22-4-8-35(55-42(22)40)18-1-5-26(46)30(50)9-18/h1-3,5-7,9-13,15-16,23-25,35-36,45-54H,4,8,14,17H2/t23?,24?,25-,35+,36+,44+/m0/s1. The first-order chi connectivity index (χ1) is 27.8. The Morgan fingerprint density at radius 1 is 0.569 bits per heavy atom. The second-order valence-corrected chi connectivity index (χ2v) is 15.4. The summed E-state index contributed by atoms with van der Waals surface area (Å²) in [5.74, 6) is -5.67. The van der Waals surface area contributed by atoms with Crippen molar-refractivity contribution in [2.45, 2.75) is 55.5 Å². The SMILES string of the molecule is Oc1cc(O)c2c(c1)O[C@]1(c3ccc(O)c(O)c3)C[C@@H]2C2=C3O[C@@H](c4ccc(O)c(O)c4)CC(c4c(O)cc(O)c5c4O[C@@H](c4ccc(O)c(O)c4)CC5)C3C=C2O1. The van der Waals surface area contributed by atoms with Crippen molar-refractivity contribution in [1.29, 1.82) is 0 Å². The molecule has 4 heterocycles. The highest BCUT2D eigenvalue weighted by atomic mass is 16.7. The van der Waals surface area contributed by atoms with Gasteiger partial charge in [-0.15, -0.1) is 0 Å². The Morgan fingerprint density at radius 3 is 1.91 bits per heavy atom. The molecule has 296 valence electrons. The molecule has 0 radical (unpaired) electrons. The van der Waals surface area contributed by atoms with Crippen LogP contribution in [0.15, 0.2) is 96.0 Å². The Balaban J connectivity index is 1.17. The molecule has 2 saturated heterocycles. The minimum absolute atomic E-state index is 0.0499. The summed E-state index contributed by atoms with van der Waals surface area (Å²) in [5, 5.41) is 107. The summed E-state index contributed by atoms with van der Waals surface area (Å²) < 4.78 is 26.8. The Bertz CT molecular complexity index is 2650. The van der Waals surface area contributed by atoms with Crippen LogP contribution in [0.25, 0.3) is 0 Å². The third kappa shape index (κ3) is 5.24. The van der Waals surface area contributed by atoms with E-state index in [4.69, 9.17) is 18.9 Å². The van der Waals surface area contributed by atoms with E-state index in [1.54, 1.807) is 12.1 Å². The molecule has 0 aromatic heterocycles. The fraction of sp³-hybridized carbons (Fsp3) is 0.227. The molecule has 10 N–H and O–H groups in total. The summed E-state index contributed by atoms with van der Waals surface area (Å²) >= 11 is 0. The molecule has 2 fully saturated rings. The second-order valence-electron chi connectivity index (χ2n) is 15.4. The maximum Gasteiger partial charge on any atom is 0.279 e. The average Bonchev–Trinajstić information content (AvgIpc) is 3.55. The minimum atomic E-state index is -1.63. The van der Waals surface area contributed by atoms with Gasteiger partial charge >= 0.3 is 0 Å². The molecule has 5 aromatic carbocycles. The molecule has 58 heavy (non-hydrogen) atoms. The van der Waals surface area contributed by atoms with Crippen LogP contribution in [0.1, 0.15) is 76.7 Å². The van der Waals surface area contributed by atoms with Gasteiger partial charge in [-0.25, -0.2) is 0 Å². The number of phenolic OH excluding ortho intramolecular Hbond substituents is 10. The molecule has 2 bridgehead atoms. The topological polar surface area (TPSA) is 239 Å². The van der Waals surface area contributed by atoms with Crippen LogP contribution in [-0.2, 0) is 21.7 Å². The lowest BCUT2D eigenvalue weighted by Gasteiger charge is -2.47. The first-order valence-corrected chi connectivity index (χ1v) is 18.7. The minimum Gasteiger partial charge on any atom is -0.508 e. The van der Waals surface area contributed by atoms with Crippen molar-refractivity contribution in [3.63, 3.8) is 0 Å². The van der Waals surface area contributed by atoms with Gasteiger partial charge in [-0.05, 0) is 78.9 Å². The highest BCUT2D eigenvalue weighted by molar-refractivity contribution is 5.64. The maximum atomic E-state index is 11.8. The van der Waals surface area contributed by atoms with Crippen LogP contribution in [0.5, 0.6) is 69.0 Å². The van der Waals surface area contributed by atoms with Gasteiger partial charge in [0.05, 0.1) is 0 Å². The number of aromatic hydroxyl groups is 10. The van der Waals surface area contributed by atoms with Crippen LogP contribution >= 0.6 is 0 Å². The van der Waals surface area contributed by atoms with Crippen LogP contribution in [0.2, 0.25) is 0 Å². The summed E-state index contributed by atoms with van der Waals surface area (Å²) in [7, 11) is 0. The van der Waals surface area contributed by atoms with Crippen LogP contribution in [0, 0.1) is 5.92 Å². The number of phenols is 10. The van der Waals surface area contributed by atoms with E-state index in [1.165, 1.54) is 60.7 Å². The first-order valence-electron chi connectivity index (χ1n) is 18.7. The summed E-state index contributed by atoms with van der Waals surface area (Å²) in [6.07, 6.45) is 1.37. The summed E-state index contributed by atoms with van der Waals surface area (Å²) in [5.41, 5.74) is 3.08. The van der Waals surface area contributed by atoms with E-state index in [2.05, 4.69) is 0 Å². The molecule has 1 aliphatic carbocycles. The van der Waals surface area contributed by atoms with Gasteiger partial charge < -0.3 is 70.0 Å². The number of allylic oxidation sites excluding steroid dienone is 2. The molecule has 2 unspecified atom stereocenters. The Labute approximate surface area is 329 Å². The predicted molar refractivity (Wildman–Crippen MR) is 201 cm³/mol. The lowest BCUT2D eigenvalue weighted by Crippen LogP contribution is -2.45. The highest BCUT2D eigenvalue weighted by Crippen LogP contribution is 2.65. The molecule has 5 aromatic rings. The van der Waals surface area contributed by atoms with Crippen molar-refractivity contribution in [2.75, 3.05) is 0 Å². The number of ether oxygens (including phenoxy) is 4. The normalized spacial score (nSPS) is 25.1. The van der Waals surface area contributed by atoms with Gasteiger partial charge in [0.15, 0.2) is 34.5 Å². The van der Waals surface area contributed by atoms with E-state index in [0.717, 1.165) is 0 Å². The van der Waals surface area contributed by atoms with Crippen molar-refractivity contribution in [1.82, 2.24) is 0 Å². The van der Waals surface area contributed by atoms with Crippen LogP contribution < -0.4 is 9.47 Å². The zero-order chi connectivity index (χ0) is 40.4. The van der Waals surface area contributed by atoms with E-state index >= 15 is 0 Å². The van der Waals surface area contributed by atoms with Crippen LogP contribution in [0.4, 0.5) is 0 Å². The highest BCUT2D eigenvalue weighted by Gasteiger charge is 2.57. The summed E-state index contributed by atoms with van der Waals surface area (Å²) in [4.78, 5) is 0. The van der Waals surface area contributed by atoms with Crippen molar-refractivity contribution >= 4 is 0 Å². The lowest BCUT2D eigenvalue weighted by atomic mass is 9.74. The van der Waals surface area contributed by atoms with Crippen molar-refractivity contribution < 1.29 is 70.0 Å². The number of benzene rings is 5. The van der Waals surface area contributed by atoms with Gasteiger partial charge in [0.1, 0.15) is 58.2 Å². The maximum absolute atomic E-state index is 11.8. The van der Waals surface area contributed by atoms with Gasteiger partial charge in [-0.2, -0.15) is 0 Å². The lowest BCUT2D eigenvalue weighted by molar-refractivity contribution is -0.189. The molecule has 0 spiro atoms. The van der Waals surface area contributed by atoms with Gasteiger partial charge in [0.25, 0.3) is 5.79 Å². The quantitative estimate of drug-likeness (QED) is 0.0806. The van der Waals surface area contributed by atoms with E-state index in [9.17, 15) is 51.1 Å². The largest absolute Gasteiger partial charge is 0.508 e. The van der Waals surface area contributed by atoms with Crippen molar-refractivity contribution in [3.05, 3.63) is 129 Å². The number of rotatable bonds is 4. The van der Waals surface area contributed by atoms with Crippen molar-refractivity contribution in [2.24, 2.45) is 5.92 Å². The third-order valence-corrected chi connectivity index (χ3v) is 12.0. The van der Waals surface area contributed by atoms with E-state index in [-0.39, 0.29) is 76.1 Å². The average molecular weight is 789 g/mol. The van der Waals surface area contributed by atoms with E-state index < -0.39 is 41.5 Å². The fourth-order valence-electron chi connectivity index (χ4n) is 9.31. The molecular weight excluding hydrogens is 752 g/mol. The van der Waals surface area contributed by atoms with Gasteiger partial charge in [0, 0.05) is 70.2 Å².